The van der Waals surface area contributed by atoms with E-state index in [1.807, 2.05) is 0 Å². The van der Waals surface area contributed by atoms with Crippen molar-refractivity contribution in [1.82, 2.24) is 8.61 Å². The first-order chi connectivity index (χ1) is 17.1. The highest BCUT2D eigenvalue weighted by Crippen LogP contribution is 2.31. The third kappa shape index (κ3) is 5.54. The fourth-order valence-electron chi connectivity index (χ4n) is 4.26. The van der Waals surface area contributed by atoms with Crippen molar-refractivity contribution in [2.45, 2.75) is 22.6 Å². The largest absolute Gasteiger partial charge is 0.495 e. The lowest BCUT2D eigenvalue weighted by Crippen LogP contribution is -2.43. The molecule has 0 radical (unpaired) electrons. The topological polar surface area (TPSA) is 122 Å². The van der Waals surface area contributed by atoms with E-state index in [-0.39, 0.29) is 60.6 Å². The van der Waals surface area contributed by atoms with E-state index in [0.29, 0.717) is 12.8 Å². The van der Waals surface area contributed by atoms with Gasteiger partial charge in [0.1, 0.15) is 16.5 Å². The molecule has 0 unspecified atom stereocenters. The van der Waals surface area contributed by atoms with Crippen molar-refractivity contribution in [2.24, 2.45) is 5.92 Å². The fraction of sp³-hybridized carbons (Fsp3) is 0.435. The third-order valence-electron chi connectivity index (χ3n) is 6.23. The number of benzene rings is 2. The Bertz CT molecular complexity index is 1310. The van der Waals surface area contributed by atoms with Gasteiger partial charge in [0, 0.05) is 31.9 Å². The molecule has 0 aliphatic carbocycles. The second-order valence-corrected chi connectivity index (χ2v) is 12.4. The molecule has 0 saturated carbocycles. The summed E-state index contributed by atoms with van der Waals surface area (Å²) in [6, 6.07) is 8.89. The second kappa shape index (κ2) is 10.8. The van der Waals surface area contributed by atoms with Gasteiger partial charge in [-0.2, -0.15) is 8.61 Å². The van der Waals surface area contributed by atoms with Crippen LogP contribution >= 0.6 is 0 Å². The summed E-state index contributed by atoms with van der Waals surface area (Å²) in [5, 5.41) is 2.72. The van der Waals surface area contributed by atoms with Crippen LogP contribution in [0, 0.1) is 11.7 Å². The summed E-state index contributed by atoms with van der Waals surface area (Å²) in [6.07, 6.45) is 0.939. The van der Waals surface area contributed by atoms with E-state index in [4.69, 9.17) is 9.47 Å². The quantitative estimate of drug-likeness (QED) is 0.568. The summed E-state index contributed by atoms with van der Waals surface area (Å²) < 4.78 is 78.6. The minimum Gasteiger partial charge on any atom is -0.495 e. The number of hydrogen-bond acceptors (Lipinski definition) is 7. The van der Waals surface area contributed by atoms with Crippen molar-refractivity contribution in [3.05, 3.63) is 48.3 Å². The molecular formula is C23H28FN3O7S2. The molecule has 1 N–H and O–H groups in total. The fourth-order valence-corrected chi connectivity index (χ4v) is 7.37. The maximum absolute atomic E-state index is 13.2. The smallest absolute Gasteiger partial charge is 0.246 e. The van der Waals surface area contributed by atoms with Gasteiger partial charge >= 0.3 is 0 Å². The van der Waals surface area contributed by atoms with Crippen LogP contribution in [0.15, 0.2) is 52.3 Å². The number of amides is 1. The number of nitrogens with one attached hydrogen (secondary N) is 1. The van der Waals surface area contributed by atoms with Crippen LogP contribution < -0.4 is 10.1 Å². The van der Waals surface area contributed by atoms with Gasteiger partial charge in [0.15, 0.2) is 0 Å². The highest BCUT2D eigenvalue weighted by Gasteiger charge is 2.34. The van der Waals surface area contributed by atoms with Crippen LogP contribution in [0.3, 0.4) is 0 Å². The van der Waals surface area contributed by atoms with Crippen LogP contribution in [0.5, 0.6) is 5.75 Å². The predicted molar refractivity (Wildman–Crippen MR) is 129 cm³/mol. The molecule has 2 aromatic rings. The van der Waals surface area contributed by atoms with Gasteiger partial charge < -0.3 is 14.8 Å². The summed E-state index contributed by atoms with van der Waals surface area (Å²) in [5.41, 5.74) is 0.256. The van der Waals surface area contributed by atoms with Crippen molar-refractivity contribution < 1.29 is 35.5 Å². The summed E-state index contributed by atoms with van der Waals surface area (Å²) in [7, 11) is -6.41. The number of hydrogen-bond donors (Lipinski definition) is 1. The van der Waals surface area contributed by atoms with Crippen LogP contribution in [0.4, 0.5) is 10.1 Å². The lowest BCUT2D eigenvalue weighted by molar-refractivity contribution is -0.120. The Morgan fingerprint density at radius 3 is 2.36 bits per heavy atom. The molecule has 0 aromatic heterocycles. The average molecular weight is 542 g/mol. The monoisotopic (exact) mass is 541 g/mol. The van der Waals surface area contributed by atoms with Crippen LogP contribution in [-0.4, -0.2) is 77.9 Å². The molecule has 0 bridgehead atoms. The number of piperidine rings is 1. The van der Waals surface area contributed by atoms with Gasteiger partial charge in [0.25, 0.3) is 0 Å². The molecule has 2 heterocycles. The molecule has 1 atom stereocenters. The first kappa shape index (κ1) is 26.5. The zero-order chi connectivity index (χ0) is 25.9. The van der Waals surface area contributed by atoms with Crippen molar-refractivity contribution in [2.75, 3.05) is 51.8 Å². The van der Waals surface area contributed by atoms with E-state index in [9.17, 15) is 26.0 Å². The first-order valence-electron chi connectivity index (χ1n) is 11.5. The molecular weight excluding hydrogens is 513 g/mol. The van der Waals surface area contributed by atoms with Crippen molar-refractivity contribution in [3.63, 3.8) is 0 Å². The number of carbonyl (C=O) groups excluding carboxylic acids is 1. The number of ether oxygens (including phenoxy) is 2. The number of rotatable bonds is 7. The van der Waals surface area contributed by atoms with E-state index >= 15 is 0 Å². The standard InChI is InChI=1S/C23H28FN3O7S2/c1-33-21-9-6-19(15-22(21)36(31,32)26-11-13-34-14-12-26)25-23(28)17-3-2-10-27(16-17)35(29,30)20-7-4-18(24)5-8-20/h4-9,15,17H,2-3,10-14,16H2,1H3,(H,25,28)/t17-/m0/s1. The van der Waals surface area contributed by atoms with E-state index in [2.05, 4.69) is 5.32 Å². The van der Waals surface area contributed by atoms with Crippen LogP contribution in [0.1, 0.15) is 12.8 Å². The number of nitrogens with zero attached hydrogens (tertiary/aromatic N) is 2. The second-order valence-electron chi connectivity index (χ2n) is 8.53. The Labute approximate surface area is 210 Å². The van der Waals surface area contributed by atoms with Crippen molar-refractivity contribution in [1.29, 1.82) is 0 Å². The highest BCUT2D eigenvalue weighted by molar-refractivity contribution is 7.89. The number of carbonyl (C=O) groups is 1. The maximum Gasteiger partial charge on any atom is 0.246 e. The SMILES string of the molecule is COc1ccc(NC(=O)[C@H]2CCCN(S(=O)(=O)c3ccc(F)cc3)C2)cc1S(=O)(=O)N1CCOCC1. The number of halogens is 1. The van der Waals surface area contributed by atoms with Crippen LogP contribution in [0.2, 0.25) is 0 Å². The summed E-state index contributed by atoms with van der Waals surface area (Å²) >= 11 is 0. The molecule has 4 rings (SSSR count). The highest BCUT2D eigenvalue weighted by atomic mass is 32.2. The van der Waals surface area contributed by atoms with Crippen molar-refractivity contribution >= 4 is 31.6 Å². The molecule has 13 heteroatoms. The molecule has 2 aliphatic heterocycles. The van der Waals surface area contributed by atoms with E-state index in [1.165, 1.54) is 46.1 Å². The van der Waals surface area contributed by atoms with Crippen LogP contribution in [0.25, 0.3) is 0 Å². The molecule has 36 heavy (non-hydrogen) atoms. The van der Waals surface area contributed by atoms with E-state index in [0.717, 1.165) is 12.1 Å². The lowest BCUT2D eigenvalue weighted by atomic mass is 9.98. The molecule has 0 spiro atoms. The lowest BCUT2D eigenvalue weighted by Gasteiger charge is -2.31. The van der Waals surface area contributed by atoms with E-state index < -0.39 is 37.7 Å². The average Bonchev–Trinajstić information content (AvgIpc) is 2.89. The Kier molecular flexibility index (Phi) is 7.95. The molecule has 196 valence electrons. The predicted octanol–water partition coefficient (Wildman–Crippen LogP) is 1.89. The first-order valence-corrected chi connectivity index (χ1v) is 14.3. The van der Waals surface area contributed by atoms with Gasteiger partial charge in [0.2, 0.25) is 26.0 Å². The number of sulfonamides is 2. The van der Waals surface area contributed by atoms with Gasteiger partial charge in [-0.05, 0) is 55.3 Å². The van der Waals surface area contributed by atoms with Crippen molar-refractivity contribution in [3.8, 4) is 5.75 Å². The Hall–Kier alpha value is -2.58. The Balaban J connectivity index is 1.51. The van der Waals surface area contributed by atoms with E-state index in [1.54, 1.807) is 0 Å². The van der Waals surface area contributed by atoms with Gasteiger partial charge in [-0.25, -0.2) is 21.2 Å². The number of morpholine rings is 1. The zero-order valence-corrected chi connectivity index (χ0v) is 21.4. The third-order valence-corrected chi connectivity index (χ3v) is 10.0. The summed E-state index contributed by atoms with van der Waals surface area (Å²) in [5.74, 6) is -1.46. The molecule has 2 aromatic carbocycles. The normalized spacial score (nSPS) is 20.1. The number of methoxy groups -OCH3 is 1. The molecule has 2 fully saturated rings. The molecule has 10 nitrogen and oxygen atoms in total. The van der Waals surface area contributed by atoms with Gasteiger partial charge in [-0.3, -0.25) is 4.79 Å². The molecule has 2 aliphatic rings. The Morgan fingerprint density at radius 1 is 1.00 bits per heavy atom. The van der Waals surface area contributed by atoms with Gasteiger partial charge in [-0.1, -0.05) is 0 Å². The summed E-state index contributed by atoms with van der Waals surface area (Å²) in [6.45, 7) is 1.20. The zero-order valence-electron chi connectivity index (χ0n) is 19.7. The minimum absolute atomic E-state index is 0.0410. The van der Waals surface area contributed by atoms with Gasteiger partial charge in [-0.15, -0.1) is 0 Å². The molecule has 2 saturated heterocycles. The number of anilines is 1. The van der Waals surface area contributed by atoms with Crippen LogP contribution in [-0.2, 0) is 29.6 Å². The minimum atomic E-state index is -3.89. The maximum atomic E-state index is 13.2. The Morgan fingerprint density at radius 2 is 1.69 bits per heavy atom. The molecule has 1 amide bonds. The summed E-state index contributed by atoms with van der Waals surface area (Å²) in [4.78, 5) is 12.9. The van der Waals surface area contributed by atoms with Gasteiger partial charge in [0.05, 0.1) is 31.1 Å².